The molecule has 1 aromatic carbocycles. The zero-order valence-electron chi connectivity index (χ0n) is 19.1. The van der Waals surface area contributed by atoms with Crippen LogP contribution in [0.5, 0.6) is 11.5 Å². The van der Waals surface area contributed by atoms with Gasteiger partial charge in [-0.05, 0) is 50.1 Å². The van der Waals surface area contributed by atoms with Crippen LogP contribution in [0.1, 0.15) is 53.6 Å². The molecule has 3 rings (SSSR count). The fraction of sp³-hybridized carbons (Fsp3) is 0.364. The highest BCUT2D eigenvalue weighted by atomic mass is 16.5. The molecule has 174 valence electrons. The van der Waals surface area contributed by atoms with Gasteiger partial charge in [-0.3, -0.25) is 14.6 Å². The topological polar surface area (TPSA) is 136 Å². The molecule has 0 aliphatic rings. The number of carbonyl (C=O) groups excluding carboxylic acids is 1. The Balaban J connectivity index is 1.70. The second-order valence-electron chi connectivity index (χ2n) is 7.31. The van der Waals surface area contributed by atoms with Crippen molar-refractivity contribution in [3.63, 3.8) is 0 Å². The van der Waals surface area contributed by atoms with Crippen LogP contribution in [0, 0.1) is 13.8 Å². The molecule has 0 saturated heterocycles. The van der Waals surface area contributed by atoms with E-state index >= 15 is 0 Å². The van der Waals surface area contributed by atoms with Gasteiger partial charge < -0.3 is 9.47 Å². The van der Waals surface area contributed by atoms with Gasteiger partial charge in [0.15, 0.2) is 11.5 Å². The maximum Gasteiger partial charge on any atom is 0.290 e. The second kappa shape index (κ2) is 11.0. The molecular weight excluding hydrogens is 426 g/mol. The van der Waals surface area contributed by atoms with E-state index in [9.17, 15) is 9.59 Å². The maximum atomic E-state index is 12.7. The molecular formula is C22H27N7O4. The average molecular weight is 454 g/mol. The van der Waals surface area contributed by atoms with Crippen molar-refractivity contribution in [3.05, 3.63) is 57.3 Å². The molecule has 11 nitrogen and oxygen atoms in total. The van der Waals surface area contributed by atoms with Gasteiger partial charge in [0.25, 0.3) is 17.4 Å². The van der Waals surface area contributed by atoms with Gasteiger partial charge in [-0.15, -0.1) is 10.2 Å². The number of rotatable bonds is 10. The number of nitrogens with zero attached hydrogens (tertiary/aromatic N) is 5. The van der Waals surface area contributed by atoms with Crippen LogP contribution in [-0.4, -0.2) is 50.8 Å². The standard InChI is InChI=1S/C22H27N7O4/c1-5-6-7-10-33-18-9-8-16(12-19(18)32-4)13-23-26-21(31)17-11-14(2)28-29(17)22-24-20(30)15(3)25-27-22/h8-9,11-13H,5-7,10H2,1-4H3,(H,26,31)(H,24,27,30)/b23-13-. The van der Waals surface area contributed by atoms with E-state index in [0.29, 0.717) is 29.4 Å². The molecule has 0 fully saturated rings. The smallest absolute Gasteiger partial charge is 0.290 e. The van der Waals surface area contributed by atoms with Crippen LogP contribution in [0.15, 0.2) is 34.2 Å². The lowest BCUT2D eigenvalue weighted by Crippen LogP contribution is -2.24. The molecule has 0 unspecified atom stereocenters. The molecule has 0 aliphatic carbocycles. The number of amides is 1. The first-order valence-electron chi connectivity index (χ1n) is 10.6. The monoisotopic (exact) mass is 453 g/mol. The summed E-state index contributed by atoms with van der Waals surface area (Å²) < 4.78 is 12.4. The Morgan fingerprint density at radius 3 is 2.76 bits per heavy atom. The predicted molar refractivity (Wildman–Crippen MR) is 122 cm³/mol. The summed E-state index contributed by atoms with van der Waals surface area (Å²) in [6.45, 7) is 6.01. The van der Waals surface area contributed by atoms with E-state index in [1.807, 2.05) is 6.07 Å². The molecule has 0 atom stereocenters. The van der Waals surface area contributed by atoms with E-state index in [1.54, 1.807) is 32.2 Å². The number of aryl methyl sites for hydroxylation is 2. The Hall–Kier alpha value is -4.02. The highest BCUT2D eigenvalue weighted by Gasteiger charge is 2.17. The number of nitrogens with one attached hydrogen (secondary N) is 2. The summed E-state index contributed by atoms with van der Waals surface area (Å²) in [4.78, 5) is 27.1. The molecule has 0 saturated carbocycles. The molecule has 0 radical (unpaired) electrons. The van der Waals surface area contributed by atoms with Crippen molar-refractivity contribution in [1.29, 1.82) is 0 Å². The van der Waals surface area contributed by atoms with Crippen molar-refractivity contribution in [3.8, 4) is 17.4 Å². The maximum absolute atomic E-state index is 12.7. The largest absolute Gasteiger partial charge is 0.493 e. The molecule has 33 heavy (non-hydrogen) atoms. The number of aromatic nitrogens is 5. The van der Waals surface area contributed by atoms with Gasteiger partial charge in [0, 0.05) is 0 Å². The number of hydrazone groups is 1. The Morgan fingerprint density at radius 1 is 1.21 bits per heavy atom. The lowest BCUT2D eigenvalue weighted by atomic mass is 10.2. The predicted octanol–water partition coefficient (Wildman–Crippen LogP) is 2.31. The number of carbonyl (C=O) groups is 1. The lowest BCUT2D eigenvalue weighted by molar-refractivity contribution is 0.0947. The molecule has 0 spiro atoms. The van der Waals surface area contributed by atoms with Crippen LogP contribution < -0.4 is 20.5 Å². The van der Waals surface area contributed by atoms with Crippen molar-refractivity contribution in [2.75, 3.05) is 13.7 Å². The molecule has 3 aromatic rings. The average Bonchev–Trinajstić information content (AvgIpc) is 3.20. The molecule has 1 amide bonds. The fourth-order valence-electron chi connectivity index (χ4n) is 2.94. The van der Waals surface area contributed by atoms with Crippen molar-refractivity contribution >= 4 is 12.1 Å². The minimum atomic E-state index is -0.530. The van der Waals surface area contributed by atoms with Gasteiger partial charge in [0.05, 0.1) is 25.6 Å². The summed E-state index contributed by atoms with van der Waals surface area (Å²) >= 11 is 0. The number of hydrogen-bond acceptors (Lipinski definition) is 8. The van der Waals surface area contributed by atoms with E-state index in [2.05, 4.69) is 37.7 Å². The molecule has 0 aliphatic heterocycles. The van der Waals surface area contributed by atoms with Crippen LogP contribution in [0.2, 0.25) is 0 Å². The minimum Gasteiger partial charge on any atom is -0.493 e. The van der Waals surface area contributed by atoms with Gasteiger partial charge in [0.2, 0.25) is 0 Å². The number of aromatic amines is 1. The SMILES string of the molecule is CCCCCOc1ccc(/C=N\NC(=O)c2cc(C)nn2-c2nnc(C)c(=O)[nH]2)cc1OC. The summed E-state index contributed by atoms with van der Waals surface area (Å²) in [6.07, 6.45) is 4.70. The summed E-state index contributed by atoms with van der Waals surface area (Å²) in [5.41, 5.74) is 3.68. The normalized spacial score (nSPS) is 11.0. The van der Waals surface area contributed by atoms with Crippen LogP contribution >= 0.6 is 0 Å². The van der Waals surface area contributed by atoms with Gasteiger partial charge in [-0.1, -0.05) is 19.8 Å². The van der Waals surface area contributed by atoms with Gasteiger partial charge in [-0.2, -0.15) is 14.9 Å². The highest BCUT2D eigenvalue weighted by molar-refractivity contribution is 5.94. The Kier molecular flexibility index (Phi) is 7.90. The number of benzene rings is 1. The van der Waals surface area contributed by atoms with E-state index in [1.165, 1.54) is 17.8 Å². The number of ether oxygens (including phenoxy) is 2. The highest BCUT2D eigenvalue weighted by Crippen LogP contribution is 2.27. The summed E-state index contributed by atoms with van der Waals surface area (Å²) in [7, 11) is 1.57. The summed E-state index contributed by atoms with van der Waals surface area (Å²) in [5, 5.41) is 15.9. The van der Waals surface area contributed by atoms with Crippen LogP contribution in [0.25, 0.3) is 5.95 Å². The quantitative estimate of drug-likeness (QED) is 0.273. The number of unbranched alkanes of at least 4 members (excludes halogenated alkanes) is 2. The number of H-pyrrole nitrogens is 1. The van der Waals surface area contributed by atoms with Crippen LogP contribution in [0.4, 0.5) is 0 Å². The van der Waals surface area contributed by atoms with Crippen molar-refractivity contribution in [1.82, 2.24) is 30.4 Å². The third-order valence-corrected chi connectivity index (χ3v) is 4.69. The van der Waals surface area contributed by atoms with Crippen LogP contribution in [0.3, 0.4) is 0 Å². The lowest BCUT2D eigenvalue weighted by Gasteiger charge is -2.11. The third-order valence-electron chi connectivity index (χ3n) is 4.69. The van der Waals surface area contributed by atoms with Gasteiger partial charge >= 0.3 is 0 Å². The van der Waals surface area contributed by atoms with E-state index < -0.39 is 11.5 Å². The van der Waals surface area contributed by atoms with E-state index in [4.69, 9.17) is 9.47 Å². The fourth-order valence-corrected chi connectivity index (χ4v) is 2.94. The van der Waals surface area contributed by atoms with E-state index in [-0.39, 0.29) is 17.3 Å². The molecule has 2 N–H and O–H groups in total. The minimum absolute atomic E-state index is 0.0343. The number of hydrogen-bond donors (Lipinski definition) is 2. The molecule has 2 heterocycles. The Morgan fingerprint density at radius 2 is 2.03 bits per heavy atom. The van der Waals surface area contributed by atoms with Gasteiger partial charge in [0.1, 0.15) is 11.4 Å². The van der Waals surface area contributed by atoms with E-state index in [0.717, 1.165) is 19.3 Å². The Bertz CT molecular complexity index is 1200. The van der Waals surface area contributed by atoms with Crippen molar-refractivity contribution < 1.29 is 14.3 Å². The molecule has 11 heteroatoms. The second-order valence-corrected chi connectivity index (χ2v) is 7.31. The van der Waals surface area contributed by atoms with Gasteiger partial charge in [-0.25, -0.2) is 5.43 Å². The molecule has 0 bridgehead atoms. The molecule has 2 aromatic heterocycles. The van der Waals surface area contributed by atoms with Crippen LogP contribution in [-0.2, 0) is 0 Å². The Labute approximate surface area is 190 Å². The third kappa shape index (κ3) is 6.03. The summed E-state index contributed by atoms with van der Waals surface area (Å²) in [5.74, 6) is 0.741. The first-order valence-corrected chi connectivity index (χ1v) is 10.6. The number of methoxy groups -OCH3 is 1. The zero-order valence-corrected chi connectivity index (χ0v) is 19.1. The first kappa shape index (κ1) is 23.6. The first-order chi connectivity index (χ1) is 15.9. The van der Waals surface area contributed by atoms with Crippen molar-refractivity contribution in [2.45, 2.75) is 40.0 Å². The van der Waals surface area contributed by atoms with Crippen molar-refractivity contribution in [2.24, 2.45) is 5.10 Å². The summed E-state index contributed by atoms with van der Waals surface area (Å²) in [6, 6.07) is 6.94. The zero-order chi connectivity index (χ0) is 23.8.